The second kappa shape index (κ2) is 8.87. The summed E-state index contributed by atoms with van der Waals surface area (Å²) in [5.74, 6) is -2.29. The summed E-state index contributed by atoms with van der Waals surface area (Å²) in [5.41, 5.74) is 1.01. The summed E-state index contributed by atoms with van der Waals surface area (Å²) in [4.78, 5) is 25.3. The van der Waals surface area contributed by atoms with Gasteiger partial charge in [0, 0.05) is 29.6 Å². The van der Waals surface area contributed by atoms with Crippen molar-refractivity contribution in [1.82, 2.24) is 9.97 Å². The molecule has 0 aliphatic rings. The molecule has 1 aromatic carbocycles. The van der Waals surface area contributed by atoms with Gasteiger partial charge in [0.15, 0.2) is 0 Å². The molecular formula is C20H16F2N4O3. The van der Waals surface area contributed by atoms with Crippen LogP contribution < -0.4 is 10.1 Å². The molecule has 1 N–H and O–H groups in total. The van der Waals surface area contributed by atoms with Gasteiger partial charge in [0.2, 0.25) is 5.88 Å². The number of pyridine rings is 2. The molecule has 0 unspecified atom stereocenters. The van der Waals surface area contributed by atoms with Gasteiger partial charge in [-0.25, -0.2) is 18.7 Å². The molecule has 2 aromatic heterocycles. The Kier molecular flexibility index (Phi) is 6.08. The van der Waals surface area contributed by atoms with Gasteiger partial charge < -0.3 is 14.9 Å². The number of oxime groups is 1. The fourth-order valence-corrected chi connectivity index (χ4v) is 2.51. The number of halogens is 2. The average Bonchev–Trinajstić information content (AvgIpc) is 2.73. The Bertz CT molecular complexity index is 1020. The molecule has 9 heteroatoms. The zero-order valence-corrected chi connectivity index (χ0v) is 15.5. The first-order chi connectivity index (χ1) is 14.0. The van der Waals surface area contributed by atoms with Crippen molar-refractivity contribution in [2.45, 2.75) is 0 Å². The molecule has 7 nitrogen and oxygen atoms in total. The molecule has 0 bridgehead atoms. The Morgan fingerprint density at radius 1 is 0.966 bits per heavy atom. The fraction of sp³-hybridized carbons (Fsp3) is 0.100. The minimum Gasteiger partial charge on any atom is -0.481 e. The number of rotatable bonds is 6. The van der Waals surface area contributed by atoms with E-state index in [4.69, 9.17) is 9.57 Å². The monoisotopic (exact) mass is 398 g/mol. The molecule has 0 saturated heterocycles. The number of anilines is 1. The Balaban J connectivity index is 1.82. The highest BCUT2D eigenvalue weighted by Crippen LogP contribution is 2.17. The predicted octanol–water partition coefficient (Wildman–Crippen LogP) is 3.41. The number of ether oxygens (including phenoxy) is 1. The molecule has 3 rings (SSSR count). The summed E-state index contributed by atoms with van der Waals surface area (Å²) < 4.78 is 32.5. The van der Waals surface area contributed by atoms with E-state index in [1.165, 1.54) is 32.5 Å². The van der Waals surface area contributed by atoms with Gasteiger partial charge in [-0.3, -0.25) is 4.79 Å². The van der Waals surface area contributed by atoms with Gasteiger partial charge in [-0.05, 0) is 30.3 Å². The van der Waals surface area contributed by atoms with Crippen molar-refractivity contribution in [3.8, 4) is 5.88 Å². The van der Waals surface area contributed by atoms with Gasteiger partial charge in [-0.1, -0.05) is 11.2 Å². The van der Waals surface area contributed by atoms with Crippen LogP contribution in [0.4, 0.5) is 14.6 Å². The number of hydrogen-bond acceptors (Lipinski definition) is 6. The van der Waals surface area contributed by atoms with E-state index in [9.17, 15) is 13.6 Å². The maximum atomic E-state index is 13.7. The number of hydrogen-bond donors (Lipinski definition) is 1. The lowest BCUT2D eigenvalue weighted by Crippen LogP contribution is -2.17. The van der Waals surface area contributed by atoms with Crippen molar-refractivity contribution in [2.75, 3.05) is 19.5 Å². The Hall–Kier alpha value is -3.88. The van der Waals surface area contributed by atoms with Crippen molar-refractivity contribution < 1.29 is 23.1 Å². The lowest BCUT2D eigenvalue weighted by atomic mass is 10.1. The molecule has 3 aromatic rings. The number of carbonyl (C=O) groups is 1. The third-order valence-corrected chi connectivity index (χ3v) is 3.87. The summed E-state index contributed by atoms with van der Waals surface area (Å²) in [6.45, 7) is 0. The maximum absolute atomic E-state index is 13.7. The zero-order chi connectivity index (χ0) is 20.8. The van der Waals surface area contributed by atoms with Gasteiger partial charge in [0.25, 0.3) is 5.91 Å². The standard InChI is InChI=1S/C20H16F2N4O3/c1-28-17-9-7-13(11-24-17)19(26-29-2)12-6-8-16(23-10-12)25-20(27)18-14(21)4-3-5-15(18)22/h3-11H,1-2H3,(H,23,25,27). The van der Waals surface area contributed by atoms with Crippen LogP contribution in [-0.2, 0) is 4.84 Å². The lowest BCUT2D eigenvalue weighted by molar-refractivity contribution is 0.101. The summed E-state index contributed by atoms with van der Waals surface area (Å²) >= 11 is 0. The maximum Gasteiger partial charge on any atom is 0.262 e. The van der Waals surface area contributed by atoms with Gasteiger partial charge in [-0.2, -0.15) is 0 Å². The highest BCUT2D eigenvalue weighted by Gasteiger charge is 2.18. The highest BCUT2D eigenvalue weighted by atomic mass is 19.1. The number of aromatic nitrogens is 2. The molecule has 2 heterocycles. The van der Waals surface area contributed by atoms with Gasteiger partial charge in [-0.15, -0.1) is 0 Å². The van der Waals surface area contributed by atoms with E-state index < -0.39 is 23.1 Å². The Morgan fingerprint density at radius 2 is 1.62 bits per heavy atom. The average molecular weight is 398 g/mol. The number of benzene rings is 1. The second-order valence-corrected chi connectivity index (χ2v) is 5.69. The van der Waals surface area contributed by atoms with Crippen molar-refractivity contribution in [2.24, 2.45) is 5.16 Å². The van der Waals surface area contributed by atoms with Crippen LogP contribution in [-0.4, -0.2) is 35.8 Å². The summed E-state index contributed by atoms with van der Waals surface area (Å²) in [6.07, 6.45) is 3.00. The normalized spacial score (nSPS) is 11.1. The SMILES string of the molecule is CON=C(c1ccc(NC(=O)c2c(F)cccc2F)nc1)c1ccc(OC)nc1. The van der Waals surface area contributed by atoms with Crippen LogP contribution in [0.3, 0.4) is 0 Å². The smallest absolute Gasteiger partial charge is 0.262 e. The first-order valence-corrected chi connectivity index (χ1v) is 8.37. The van der Waals surface area contributed by atoms with Crippen molar-refractivity contribution in [3.05, 3.63) is 83.2 Å². The van der Waals surface area contributed by atoms with Gasteiger partial charge >= 0.3 is 0 Å². The Labute approximate surface area is 165 Å². The van der Waals surface area contributed by atoms with Crippen LogP contribution in [0.2, 0.25) is 0 Å². The third kappa shape index (κ3) is 4.52. The molecule has 0 aliphatic carbocycles. The molecule has 148 valence electrons. The number of methoxy groups -OCH3 is 1. The number of carbonyl (C=O) groups excluding carboxylic acids is 1. The van der Waals surface area contributed by atoms with Crippen LogP contribution >= 0.6 is 0 Å². The van der Waals surface area contributed by atoms with Gasteiger partial charge in [0.1, 0.15) is 35.8 Å². The fourth-order valence-electron chi connectivity index (χ4n) is 2.51. The van der Waals surface area contributed by atoms with E-state index in [2.05, 4.69) is 20.4 Å². The third-order valence-electron chi connectivity index (χ3n) is 3.87. The van der Waals surface area contributed by atoms with E-state index >= 15 is 0 Å². The number of amides is 1. The minimum absolute atomic E-state index is 0.117. The molecule has 0 aliphatic heterocycles. The highest BCUT2D eigenvalue weighted by molar-refractivity contribution is 6.12. The van der Waals surface area contributed by atoms with E-state index in [1.807, 2.05) is 0 Å². The first kappa shape index (κ1) is 19.9. The second-order valence-electron chi connectivity index (χ2n) is 5.69. The largest absolute Gasteiger partial charge is 0.481 e. The van der Waals surface area contributed by atoms with Crippen LogP contribution in [0, 0.1) is 11.6 Å². The zero-order valence-electron chi connectivity index (χ0n) is 15.5. The van der Waals surface area contributed by atoms with E-state index in [0.717, 1.165) is 12.1 Å². The van der Waals surface area contributed by atoms with Gasteiger partial charge in [0.05, 0.1) is 7.11 Å². The molecule has 0 atom stereocenters. The minimum atomic E-state index is -0.958. The predicted molar refractivity (Wildman–Crippen MR) is 102 cm³/mol. The quantitative estimate of drug-likeness (QED) is 0.508. The Morgan fingerprint density at radius 3 is 2.14 bits per heavy atom. The topological polar surface area (TPSA) is 85.7 Å². The molecule has 0 saturated carbocycles. The van der Waals surface area contributed by atoms with Crippen molar-refractivity contribution in [1.29, 1.82) is 0 Å². The molecule has 0 radical (unpaired) electrons. The molecule has 0 spiro atoms. The summed E-state index contributed by atoms with van der Waals surface area (Å²) in [5, 5.41) is 6.35. The molecule has 0 fully saturated rings. The van der Waals surface area contributed by atoms with Crippen LogP contribution in [0.5, 0.6) is 5.88 Å². The van der Waals surface area contributed by atoms with Crippen molar-refractivity contribution >= 4 is 17.4 Å². The van der Waals surface area contributed by atoms with E-state index in [1.54, 1.807) is 24.4 Å². The lowest BCUT2D eigenvalue weighted by Gasteiger charge is -2.09. The van der Waals surface area contributed by atoms with Crippen LogP contribution in [0.15, 0.2) is 60.0 Å². The summed E-state index contributed by atoms with van der Waals surface area (Å²) in [7, 11) is 2.91. The van der Waals surface area contributed by atoms with Crippen LogP contribution in [0.25, 0.3) is 0 Å². The number of nitrogens with one attached hydrogen (secondary N) is 1. The van der Waals surface area contributed by atoms with E-state index in [0.29, 0.717) is 22.7 Å². The van der Waals surface area contributed by atoms with Crippen molar-refractivity contribution in [3.63, 3.8) is 0 Å². The van der Waals surface area contributed by atoms with Crippen LogP contribution in [0.1, 0.15) is 21.5 Å². The number of nitrogens with zero attached hydrogens (tertiary/aromatic N) is 3. The van der Waals surface area contributed by atoms with E-state index in [-0.39, 0.29) is 5.82 Å². The molecule has 1 amide bonds. The molecule has 29 heavy (non-hydrogen) atoms. The first-order valence-electron chi connectivity index (χ1n) is 8.37. The summed E-state index contributed by atoms with van der Waals surface area (Å²) in [6, 6.07) is 9.72. The molecular weight excluding hydrogens is 382 g/mol.